The Hall–Kier alpha value is -3.51. The van der Waals surface area contributed by atoms with Crippen molar-refractivity contribution in [1.82, 2.24) is 14.5 Å². The van der Waals surface area contributed by atoms with Crippen molar-refractivity contribution in [2.45, 2.75) is 30.8 Å². The van der Waals surface area contributed by atoms with Gasteiger partial charge in [0.25, 0.3) is 10.0 Å². The SMILES string of the molecule is CC1CN(c2ccc(S(=O)(=O)Nc3nccs3)cc2)CCN1C(=O)C(C)n1ccc2cc(F)c(F)cc21. The molecule has 1 aliphatic heterocycles. The molecule has 194 valence electrons. The molecule has 1 N–H and O–H groups in total. The molecule has 0 saturated carbocycles. The maximum absolute atomic E-state index is 13.8. The lowest BCUT2D eigenvalue weighted by atomic mass is 10.1. The topological polar surface area (TPSA) is 87.5 Å². The van der Waals surface area contributed by atoms with Crippen molar-refractivity contribution in [3.8, 4) is 0 Å². The number of thiazole rings is 1. The quantitative estimate of drug-likeness (QED) is 0.386. The van der Waals surface area contributed by atoms with Crippen LogP contribution in [0.1, 0.15) is 19.9 Å². The first kappa shape index (κ1) is 25.2. The number of halogens is 2. The number of hydrogen-bond donors (Lipinski definition) is 1. The zero-order valence-corrected chi connectivity index (χ0v) is 21.8. The Morgan fingerprint density at radius 2 is 1.86 bits per heavy atom. The lowest BCUT2D eigenvalue weighted by molar-refractivity contribution is -0.136. The standard InChI is InChI=1S/C25H25F2N5O3S2/c1-16-15-30(19-3-5-20(6-4-19)37(34,35)29-25-28-8-12-36-25)10-11-31(16)24(33)17(2)32-9-7-18-13-21(26)22(27)14-23(18)32/h3-9,12-14,16-17H,10-11,15H2,1-2H3,(H,28,29). The number of carbonyl (C=O) groups excluding carboxylic acids is 1. The van der Waals surface area contributed by atoms with Gasteiger partial charge in [-0.25, -0.2) is 22.2 Å². The number of anilines is 2. The second-order valence-corrected chi connectivity index (χ2v) is 11.6. The maximum Gasteiger partial charge on any atom is 0.263 e. The number of hydrogen-bond acceptors (Lipinski definition) is 6. The molecular weight excluding hydrogens is 520 g/mol. The van der Waals surface area contributed by atoms with Crippen molar-refractivity contribution in [3.05, 3.63) is 71.9 Å². The highest BCUT2D eigenvalue weighted by Gasteiger charge is 2.31. The van der Waals surface area contributed by atoms with Gasteiger partial charge < -0.3 is 14.4 Å². The molecule has 1 aliphatic rings. The predicted molar refractivity (Wildman–Crippen MR) is 139 cm³/mol. The molecule has 0 radical (unpaired) electrons. The van der Waals surface area contributed by atoms with Gasteiger partial charge in [0.15, 0.2) is 16.8 Å². The van der Waals surface area contributed by atoms with Crippen LogP contribution in [0.2, 0.25) is 0 Å². The Morgan fingerprint density at radius 3 is 2.54 bits per heavy atom. The maximum atomic E-state index is 13.8. The molecule has 2 unspecified atom stereocenters. The molecule has 2 atom stereocenters. The third-order valence-corrected chi connectivity index (χ3v) is 8.79. The normalized spacial score (nSPS) is 17.2. The van der Waals surface area contributed by atoms with Gasteiger partial charge in [0.2, 0.25) is 5.91 Å². The Balaban J connectivity index is 1.26. The van der Waals surface area contributed by atoms with Crippen molar-refractivity contribution in [2.75, 3.05) is 29.3 Å². The first-order chi connectivity index (χ1) is 17.6. The monoisotopic (exact) mass is 545 g/mol. The number of carbonyl (C=O) groups is 1. The second kappa shape index (κ2) is 9.75. The van der Waals surface area contributed by atoms with Gasteiger partial charge in [0.1, 0.15) is 6.04 Å². The van der Waals surface area contributed by atoms with E-state index in [1.807, 2.05) is 6.92 Å². The Bertz CT molecular complexity index is 1540. The smallest absolute Gasteiger partial charge is 0.263 e. The highest BCUT2D eigenvalue weighted by molar-refractivity contribution is 7.93. The van der Waals surface area contributed by atoms with Crippen LogP contribution < -0.4 is 9.62 Å². The molecular formula is C25H25F2N5O3S2. The summed E-state index contributed by atoms with van der Waals surface area (Å²) in [5.74, 6) is -1.98. The van der Waals surface area contributed by atoms with Gasteiger partial charge in [-0.05, 0) is 50.2 Å². The molecule has 5 rings (SSSR count). The van der Waals surface area contributed by atoms with Crippen LogP contribution in [0.5, 0.6) is 0 Å². The average Bonchev–Trinajstić information content (AvgIpc) is 3.53. The van der Waals surface area contributed by atoms with E-state index in [4.69, 9.17) is 0 Å². The second-order valence-electron chi connectivity index (χ2n) is 8.99. The van der Waals surface area contributed by atoms with E-state index >= 15 is 0 Å². The molecule has 0 aliphatic carbocycles. The fourth-order valence-electron chi connectivity index (χ4n) is 4.65. The van der Waals surface area contributed by atoms with Crippen molar-refractivity contribution in [1.29, 1.82) is 0 Å². The Labute approximate surface area is 217 Å². The third-order valence-electron chi connectivity index (χ3n) is 6.61. The number of nitrogens with zero attached hydrogens (tertiary/aromatic N) is 4. The predicted octanol–water partition coefficient (Wildman–Crippen LogP) is 4.48. The van der Waals surface area contributed by atoms with Crippen LogP contribution in [0, 0.1) is 11.6 Å². The summed E-state index contributed by atoms with van der Waals surface area (Å²) in [4.78, 5) is 21.4. The van der Waals surface area contributed by atoms with Gasteiger partial charge in [0, 0.05) is 60.6 Å². The summed E-state index contributed by atoms with van der Waals surface area (Å²) in [6.07, 6.45) is 3.20. The summed E-state index contributed by atoms with van der Waals surface area (Å²) >= 11 is 1.20. The number of amides is 1. The molecule has 0 bridgehead atoms. The van der Waals surface area contributed by atoms with Crippen molar-refractivity contribution >= 4 is 49.0 Å². The van der Waals surface area contributed by atoms with E-state index < -0.39 is 27.7 Å². The number of benzene rings is 2. The van der Waals surface area contributed by atoms with Gasteiger partial charge in [-0.15, -0.1) is 11.3 Å². The van der Waals surface area contributed by atoms with Crippen molar-refractivity contribution in [3.63, 3.8) is 0 Å². The third kappa shape index (κ3) is 4.90. The van der Waals surface area contributed by atoms with Gasteiger partial charge >= 0.3 is 0 Å². The van der Waals surface area contributed by atoms with Crippen LogP contribution >= 0.6 is 11.3 Å². The molecule has 1 saturated heterocycles. The summed E-state index contributed by atoms with van der Waals surface area (Å²) in [6, 6.07) is 9.81. The van der Waals surface area contributed by atoms with Gasteiger partial charge in [0.05, 0.1) is 10.4 Å². The van der Waals surface area contributed by atoms with Gasteiger partial charge in [-0.3, -0.25) is 9.52 Å². The largest absolute Gasteiger partial charge is 0.368 e. The minimum atomic E-state index is -3.73. The summed E-state index contributed by atoms with van der Waals surface area (Å²) in [7, 11) is -3.73. The highest BCUT2D eigenvalue weighted by Crippen LogP contribution is 2.27. The molecule has 1 fully saturated rings. The molecule has 3 heterocycles. The molecule has 8 nitrogen and oxygen atoms in total. The molecule has 4 aromatic rings. The van der Waals surface area contributed by atoms with E-state index in [9.17, 15) is 22.0 Å². The Morgan fingerprint density at radius 1 is 1.14 bits per heavy atom. The number of rotatable bonds is 6. The molecule has 2 aromatic carbocycles. The van der Waals surface area contributed by atoms with Crippen molar-refractivity contribution in [2.24, 2.45) is 0 Å². The average molecular weight is 546 g/mol. The lowest BCUT2D eigenvalue weighted by Gasteiger charge is -2.42. The van der Waals surface area contributed by atoms with Crippen LogP contribution in [0.4, 0.5) is 19.6 Å². The van der Waals surface area contributed by atoms with Crippen molar-refractivity contribution < 1.29 is 22.0 Å². The minimum Gasteiger partial charge on any atom is -0.368 e. The molecule has 37 heavy (non-hydrogen) atoms. The summed E-state index contributed by atoms with van der Waals surface area (Å²) in [5.41, 5.74) is 1.32. The summed E-state index contributed by atoms with van der Waals surface area (Å²) in [5, 5.41) is 2.52. The number of nitrogens with one attached hydrogen (secondary N) is 1. The fraction of sp³-hybridized carbons (Fsp3) is 0.280. The van der Waals surface area contributed by atoms with Gasteiger partial charge in [-0.1, -0.05) is 0 Å². The molecule has 12 heteroatoms. The van der Waals surface area contributed by atoms with Crippen LogP contribution in [0.25, 0.3) is 10.9 Å². The van der Waals surface area contributed by atoms with E-state index in [2.05, 4.69) is 14.6 Å². The van der Waals surface area contributed by atoms with Crippen LogP contribution in [-0.2, 0) is 14.8 Å². The van der Waals surface area contributed by atoms with E-state index in [0.29, 0.717) is 35.7 Å². The lowest BCUT2D eigenvalue weighted by Crippen LogP contribution is -2.55. The van der Waals surface area contributed by atoms with Crippen LogP contribution in [0.3, 0.4) is 0 Å². The van der Waals surface area contributed by atoms with Gasteiger partial charge in [-0.2, -0.15) is 0 Å². The highest BCUT2D eigenvalue weighted by atomic mass is 32.2. The number of piperazine rings is 1. The van der Waals surface area contributed by atoms with E-state index in [0.717, 1.165) is 17.8 Å². The molecule has 0 spiro atoms. The van der Waals surface area contributed by atoms with Crippen LogP contribution in [0.15, 0.2) is 65.1 Å². The van der Waals surface area contributed by atoms with E-state index in [1.54, 1.807) is 58.3 Å². The van der Waals surface area contributed by atoms with E-state index in [1.165, 1.54) is 17.5 Å². The number of sulfonamides is 1. The van der Waals surface area contributed by atoms with E-state index in [-0.39, 0.29) is 16.8 Å². The summed E-state index contributed by atoms with van der Waals surface area (Å²) in [6.45, 7) is 5.31. The first-order valence-electron chi connectivity index (χ1n) is 11.7. The summed E-state index contributed by atoms with van der Waals surface area (Å²) < 4.78 is 56.7. The number of aromatic nitrogens is 2. The first-order valence-corrected chi connectivity index (χ1v) is 14.0. The van der Waals surface area contributed by atoms with Crippen LogP contribution in [-0.4, -0.2) is 54.5 Å². The molecule has 2 aromatic heterocycles. The number of fused-ring (bicyclic) bond motifs is 1. The fourth-order valence-corrected chi connectivity index (χ4v) is 6.44. The Kier molecular flexibility index (Phi) is 6.63. The molecule has 1 amide bonds. The zero-order chi connectivity index (χ0) is 26.3. The minimum absolute atomic E-state index is 0.107. The zero-order valence-electron chi connectivity index (χ0n) is 20.1.